The molecule has 0 saturated carbocycles. The highest BCUT2D eigenvalue weighted by Crippen LogP contribution is 2.23. The zero-order valence-corrected chi connectivity index (χ0v) is 8.76. The third kappa shape index (κ3) is 1.89. The number of rotatable bonds is 0. The Kier molecular flexibility index (Phi) is 3.49. The molecule has 0 spiro atoms. The van der Waals surface area contributed by atoms with Crippen LogP contribution < -0.4 is 4.90 Å². The minimum Gasteiger partial charge on any atom is -0.279 e. The van der Waals surface area contributed by atoms with Crippen LogP contribution >= 0.6 is 24.0 Å². The summed E-state index contributed by atoms with van der Waals surface area (Å²) in [6.07, 6.45) is 5.45. The summed E-state index contributed by atoms with van der Waals surface area (Å²) in [4.78, 5) is 16.5. The number of anilines is 1. The van der Waals surface area contributed by atoms with E-state index in [1.807, 2.05) is 24.3 Å². The number of hydrogen-bond donors (Lipinski definition) is 0. The lowest BCUT2D eigenvalue weighted by molar-refractivity contribution is 0.264. The highest BCUT2D eigenvalue weighted by molar-refractivity contribution is 6.66. The lowest BCUT2D eigenvalue weighted by atomic mass is 10.2. The summed E-state index contributed by atoms with van der Waals surface area (Å²) in [5.74, 6) is 0.630. The Labute approximate surface area is 92.8 Å². The Morgan fingerprint density at radius 2 is 2.36 bits per heavy atom. The van der Waals surface area contributed by atoms with Gasteiger partial charge in [-0.2, -0.15) is 0 Å². The van der Waals surface area contributed by atoms with Crippen LogP contribution in [0, 0.1) is 0 Å². The standard InChI is InChI=1S/C9H7ClN2O.ClH/c10-9(13)12-6-2-4-7-3-1-5-11-8(7)12;/h1-5H,6H2;1H. The van der Waals surface area contributed by atoms with Gasteiger partial charge in [-0.15, -0.1) is 12.4 Å². The Morgan fingerprint density at radius 3 is 3.07 bits per heavy atom. The quantitative estimate of drug-likeness (QED) is 0.508. The van der Waals surface area contributed by atoms with Gasteiger partial charge in [-0.05, 0) is 23.7 Å². The fraction of sp³-hybridized carbons (Fsp3) is 0.111. The molecule has 1 aliphatic rings. The van der Waals surface area contributed by atoms with Gasteiger partial charge in [-0.1, -0.05) is 12.2 Å². The minimum atomic E-state index is -0.496. The largest absolute Gasteiger partial charge is 0.322 e. The molecule has 3 nitrogen and oxygen atoms in total. The average molecular weight is 231 g/mol. The van der Waals surface area contributed by atoms with E-state index in [9.17, 15) is 4.79 Å². The molecular formula is C9H8Cl2N2O. The Morgan fingerprint density at radius 1 is 1.57 bits per heavy atom. The molecule has 2 rings (SSSR count). The summed E-state index contributed by atoms with van der Waals surface area (Å²) in [5, 5.41) is -0.496. The van der Waals surface area contributed by atoms with E-state index in [-0.39, 0.29) is 12.4 Å². The van der Waals surface area contributed by atoms with Crippen molar-refractivity contribution in [3.63, 3.8) is 0 Å². The van der Waals surface area contributed by atoms with Gasteiger partial charge in [-0.25, -0.2) is 4.98 Å². The second-order valence-electron chi connectivity index (χ2n) is 2.68. The van der Waals surface area contributed by atoms with E-state index >= 15 is 0 Å². The topological polar surface area (TPSA) is 33.2 Å². The number of hydrogen-bond acceptors (Lipinski definition) is 2. The van der Waals surface area contributed by atoms with E-state index in [0.717, 1.165) is 5.56 Å². The number of carbonyl (C=O) groups is 1. The number of nitrogens with zero attached hydrogens (tertiary/aromatic N) is 2. The van der Waals surface area contributed by atoms with Crippen LogP contribution in [0.3, 0.4) is 0 Å². The first kappa shape index (κ1) is 11.0. The molecule has 74 valence electrons. The first-order chi connectivity index (χ1) is 6.29. The van der Waals surface area contributed by atoms with Crippen LogP contribution in [-0.2, 0) is 0 Å². The van der Waals surface area contributed by atoms with Gasteiger partial charge in [0.25, 0.3) is 0 Å². The van der Waals surface area contributed by atoms with Crippen LogP contribution in [-0.4, -0.2) is 16.9 Å². The first-order valence-corrected chi connectivity index (χ1v) is 4.25. The van der Waals surface area contributed by atoms with Crippen LogP contribution in [0.2, 0.25) is 0 Å². The molecule has 0 N–H and O–H groups in total. The summed E-state index contributed by atoms with van der Waals surface area (Å²) in [6, 6.07) is 3.72. The molecule has 0 aromatic carbocycles. The van der Waals surface area contributed by atoms with Crippen LogP contribution in [0.1, 0.15) is 5.56 Å². The predicted molar refractivity (Wildman–Crippen MR) is 59.1 cm³/mol. The molecule has 0 bridgehead atoms. The van der Waals surface area contributed by atoms with Gasteiger partial charge >= 0.3 is 5.37 Å². The van der Waals surface area contributed by atoms with Crippen molar-refractivity contribution in [1.82, 2.24) is 4.98 Å². The number of aromatic nitrogens is 1. The zero-order valence-electron chi connectivity index (χ0n) is 7.18. The van der Waals surface area contributed by atoms with Crippen molar-refractivity contribution in [1.29, 1.82) is 0 Å². The maximum atomic E-state index is 11.0. The monoisotopic (exact) mass is 230 g/mol. The third-order valence-corrected chi connectivity index (χ3v) is 2.07. The van der Waals surface area contributed by atoms with Crippen molar-refractivity contribution in [3.8, 4) is 0 Å². The molecule has 0 fully saturated rings. The van der Waals surface area contributed by atoms with Crippen molar-refractivity contribution >= 4 is 41.3 Å². The summed E-state index contributed by atoms with van der Waals surface area (Å²) in [6.45, 7) is 0.492. The van der Waals surface area contributed by atoms with E-state index in [1.54, 1.807) is 6.20 Å². The molecule has 0 radical (unpaired) electrons. The summed E-state index contributed by atoms with van der Waals surface area (Å²) in [7, 11) is 0. The van der Waals surface area contributed by atoms with E-state index in [4.69, 9.17) is 11.6 Å². The van der Waals surface area contributed by atoms with Crippen molar-refractivity contribution in [2.45, 2.75) is 0 Å². The smallest absolute Gasteiger partial charge is 0.279 e. The van der Waals surface area contributed by atoms with Gasteiger partial charge in [0.1, 0.15) is 5.82 Å². The van der Waals surface area contributed by atoms with Crippen LogP contribution in [0.5, 0.6) is 0 Å². The molecular weight excluding hydrogens is 223 g/mol. The van der Waals surface area contributed by atoms with Gasteiger partial charge in [0.2, 0.25) is 0 Å². The zero-order chi connectivity index (χ0) is 9.26. The lowest BCUT2D eigenvalue weighted by Crippen LogP contribution is -2.29. The van der Waals surface area contributed by atoms with Gasteiger partial charge < -0.3 is 0 Å². The normalized spacial score (nSPS) is 13.1. The molecule has 0 saturated heterocycles. The number of carbonyl (C=O) groups excluding carboxylic acids is 1. The van der Waals surface area contributed by atoms with Crippen LogP contribution in [0.25, 0.3) is 6.08 Å². The third-order valence-electron chi connectivity index (χ3n) is 1.87. The molecule has 1 aromatic rings. The number of pyridine rings is 1. The maximum absolute atomic E-state index is 11.0. The Bertz CT molecular complexity index is 379. The van der Waals surface area contributed by atoms with Gasteiger partial charge in [0.05, 0.1) is 0 Å². The molecule has 1 aliphatic heterocycles. The molecule has 1 amide bonds. The highest BCUT2D eigenvalue weighted by atomic mass is 35.5. The van der Waals surface area contributed by atoms with Crippen molar-refractivity contribution in [3.05, 3.63) is 30.0 Å². The van der Waals surface area contributed by atoms with Crippen LogP contribution in [0.4, 0.5) is 10.6 Å². The average Bonchev–Trinajstić information content (AvgIpc) is 2.17. The molecule has 0 unspecified atom stereocenters. The van der Waals surface area contributed by atoms with Crippen molar-refractivity contribution in [2.75, 3.05) is 11.4 Å². The highest BCUT2D eigenvalue weighted by Gasteiger charge is 2.18. The second kappa shape index (κ2) is 4.44. The molecule has 0 aliphatic carbocycles. The van der Waals surface area contributed by atoms with Gasteiger partial charge in [0, 0.05) is 18.3 Å². The second-order valence-corrected chi connectivity index (χ2v) is 3.01. The van der Waals surface area contributed by atoms with E-state index in [1.165, 1.54) is 4.90 Å². The summed E-state index contributed by atoms with van der Waals surface area (Å²) < 4.78 is 0. The molecule has 1 aromatic heterocycles. The summed E-state index contributed by atoms with van der Waals surface area (Å²) in [5.41, 5.74) is 0.919. The predicted octanol–water partition coefficient (Wildman–Crippen LogP) is 2.70. The van der Waals surface area contributed by atoms with E-state index < -0.39 is 5.37 Å². The van der Waals surface area contributed by atoms with E-state index in [0.29, 0.717) is 12.4 Å². The van der Waals surface area contributed by atoms with Crippen molar-refractivity contribution < 1.29 is 4.79 Å². The van der Waals surface area contributed by atoms with Crippen molar-refractivity contribution in [2.24, 2.45) is 0 Å². The minimum absolute atomic E-state index is 0. The fourth-order valence-electron chi connectivity index (χ4n) is 1.29. The first-order valence-electron chi connectivity index (χ1n) is 3.87. The van der Waals surface area contributed by atoms with Crippen LogP contribution in [0.15, 0.2) is 24.4 Å². The van der Waals surface area contributed by atoms with E-state index in [2.05, 4.69) is 4.98 Å². The maximum Gasteiger partial charge on any atom is 0.322 e. The number of halogens is 2. The van der Waals surface area contributed by atoms with Gasteiger partial charge in [-0.3, -0.25) is 9.69 Å². The molecule has 5 heteroatoms. The number of amides is 1. The Balaban J connectivity index is 0.000000980. The molecule has 14 heavy (non-hydrogen) atoms. The molecule has 0 atom stereocenters. The fourth-order valence-corrected chi connectivity index (χ4v) is 1.44. The lowest BCUT2D eigenvalue weighted by Gasteiger charge is -2.21. The van der Waals surface area contributed by atoms with Gasteiger partial charge in [0.15, 0.2) is 0 Å². The SMILES string of the molecule is Cl.O=C(Cl)N1CC=Cc2cccnc21. The number of fused-ring (bicyclic) bond motifs is 1. The Hall–Kier alpha value is -1.06. The molecule has 2 heterocycles. The summed E-state index contributed by atoms with van der Waals surface area (Å²) >= 11 is 5.40.